The first-order valence-corrected chi connectivity index (χ1v) is 19.4. The van der Waals surface area contributed by atoms with Gasteiger partial charge in [-0.05, 0) is 39.5 Å². The number of ether oxygens (including phenoxy) is 2. The lowest BCUT2D eigenvalue weighted by molar-refractivity contribution is -0.179. The first kappa shape index (κ1) is 42.8. The standard InChI is InChI=1S/C38H73NO7/c1-5-7-9-11-13-15-17-19-21-23-25-27-45-37(43)33-29-35(39(31(3)40)32(4)41)36(42)30-34(33)38(44)46-28-26-24-22-20-18-16-14-12-10-8-6-2/h31-36,40-42H,5-30H2,1-4H3. The van der Waals surface area contributed by atoms with Gasteiger partial charge in [0.2, 0.25) is 0 Å². The molecule has 0 aliphatic heterocycles. The number of aliphatic hydroxyl groups is 3. The first-order valence-electron chi connectivity index (χ1n) is 19.4. The van der Waals surface area contributed by atoms with Crippen LogP contribution >= 0.6 is 0 Å². The van der Waals surface area contributed by atoms with Gasteiger partial charge in [-0.3, -0.25) is 9.59 Å². The van der Waals surface area contributed by atoms with Crippen LogP contribution in [0.4, 0.5) is 0 Å². The van der Waals surface area contributed by atoms with Gasteiger partial charge in [0.05, 0.1) is 31.2 Å². The van der Waals surface area contributed by atoms with Gasteiger partial charge in [0.25, 0.3) is 0 Å². The Labute approximate surface area is 282 Å². The lowest BCUT2D eigenvalue weighted by Crippen LogP contribution is -2.57. The fourth-order valence-electron chi connectivity index (χ4n) is 6.96. The molecule has 0 aromatic rings. The molecule has 272 valence electrons. The topological polar surface area (TPSA) is 117 Å². The van der Waals surface area contributed by atoms with Gasteiger partial charge in [-0.2, -0.15) is 0 Å². The molecule has 1 fully saturated rings. The Morgan fingerprint density at radius 3 is 1.20 bits per heavy atom. The van der Waals surface area contributed by atoms with Gasteiger partial charge in [0, 0.05) is 6.04 Å². The van der Waals surface area contributed by atoms with Crippen molar-refractivity contribution in [1.82, 2.24) is 4.90 Å². The van der Waals surface area contributed by atoms with Crippen LogP contribution in [0.5, 0.6) is 0 Å². The SMILES string of the molecule is CCCCCCCCCCCCCOC(=O)C1CC(O)C(N(C(C)O)C(C)O)CC1C(=O)OCCCCCCCCCCCCC. The van der Waals surface area contributed by atoms with Crippen molar-refractivity contribution >= 4 is 11.9 Å². The summed E-state index contributed by atoms with van der Waals surface area (Å²) in [4.78, 5) is 27.9. The molecule has 0 heterocycles. The molecule has 3 N–H and O–H groups in total. The maximum atomic E-state index is 13.3. The van der Waals surface area contributed by atoms with Gasteiger partial charge in [-0.25, -0.2) is 4.90 Å². The van der Waals surface area contributed by atoms with E-state index < -0.39 is 48.4 Å². The van der Waals surface area contributed by atoms with E-state index in [1.807, 2.05) is 0 Å². The largest absolute Gasteiger partial charge is 0.465 e. The van der Waals surface area contributed by atoms with Crippen LogP contribution in [0.3, 0.4) is 0 Å². The van der Waals surface area contributed by atoms with E-state index in [-0.39, 0.29) is 12.8 Å². The van der Waals surface area contributed by atoms with E-state index in [4.69, 9.17) is 9.47 Å². The zero-order valence-electron chi connectivity index (χ0n) is 30.3. The Bertz CT molecular complexity index is 739. The summed E-state index contributed by atoms with van der Waals surface area (Å²) in [5.41, 5.74) is 0. The fourth-order valence-corrected chi connectivity index (χ4v) is 6.96. The van der Waals surface area contributed by atoms with E-state index >= 15 is 0 Å². The molecule has 0 aromatic heterocycles. The van der Waals surface area contributed by atoms with Crippen LogP contribution in [0.1, 0.15) is 182 Å². The Morgan fingerprint density at radius 2 is 0.870 bits per heavy atom. The van der Waals surface area contributed by atoms with Crippen LogP contribution in [0.25, 0.3) is 0 Å². The highest BCUT2D eigenvalue weighted by Gasteiger charge is 2.48. The van der Waals surface area contributed by atoms with Gasteiger partial charge >= 0.3 is 11.9 Å². The van der Waals surface area contributed by atoms with Gasteiger partial charge in [0.1, 0.15) is 12.5 Å². The Kier molecular flexibility index (Phi) is 25.8. The van der Waals surface area contributed by atoms with Crippen molar-refractivity contribution in [2.75, 3.05) is 13.2 Å². The monoisotopic (exact) mass is 656 g/mol. The molecule has 6 unspecified atom stereocenters. The molecule has 0 amide bonds. The van der Waals surface area contributed by atoms with Crippen molar-refractivity contribution in [1.29, 1.82) is 0 Å². The van der Waals surface area contributed by atoms with E-state index in [0.29, 0.717) is 13.2 Å². The van der Waals surface area contributed by atoms with Crippen LogP contribution < -0.4 is 0 Å². The number of carbonyl (C=O) groups excluding carboxylic acids is 2. The van der Waals surface area contributed by atoms with E-state index in [0.717, 1.165) is 38.5 Å². The summed E-state index contributed by atoms with van der Waals surface area (Å²) in [5.74, 6) is -2.54. The second-order valence-corrected chi connectivity index (χ2v) is 13.9. The summed E-state index contributed by atoms with van der Waals surface area (Å²) in [5, 5.41) is 31.6. The fraction of sp³-hybridized carbons (Fsp3) is 0.947. The summed E-state index contributed by atoms with van der Waals surface area (Å²) in [6.07, 6.45) is 23.6. The Balaban J connectivity index is 2.51. The van der Waals surface area contributed by atoms with Crippen LogP contribution in [-0.4, -0.2) is 70.0 Å². The van der Waals surface area contributed by atoms with Crippen molar-refractivity contribution in [2.45, 2.75) is 206 Å². The molecule has 1 aliphatic carbocycles. The van der Waals surface area contributed by atoms with Crippen LogP contribution in [0, 0.1) is 11.8 Å². The van der Waals surface area contributed by atoms with Gasteiger partial charge in [-0.15, -0.1) is 0 Å². The first-order chi connectivity index (χ1) is 22.2. The van der Waals surface area contributed by atoms with Crippen molar-refractivity contribution in [2.24, 2.45) is 11.8 Å². The normalized spacial score (nSPS) is 21.3. The molecule has 0 aromatic carbocycles. The molecule has 6 atom stereocenters. The van der Waals surface area contributed by atoms with Gasteiger partial charge < -0.3 is 24.8 Å². The van der Waals surface area contributed by atoms with Crippen molar-refractivity contribution in [3.8, 4) is 0 Å². The number of hydrogen-bond acceptors (Lipinski definition) is 8. The Hall–Kier alpha value is -1.22. The minimum atomic E-state index is -1.03. The third-order valence-electron chi connectivity index (χ3n) is 9.76. The lowest BCUT2D eigenvalue weighted by atomic mass is 9.74. The van der Waals surface area contributed by atoms with E-state index in [9.17, 15) is 24.9 Å². The predicted molar refractivity (Wildman–Crippen MR) is 186 cm³/mol. The number of carbonyl (C=O) groups is 2. The maximum Gasteiger partial charge on any atom is 0.309 e. The van der Waals surface area contributed by atoms with Crippen LogP contribution in [0.15, 0.2) is 0 Å². The maximum absolute atomic E-state index is 13.3. The Morgan fingerprint density at radius 1 is 0.565 bits per heavy atom. The summed E-state index contributed by atoms with van der Waals surface area (Å²) in [7, 11) is 0. The van der Waals surface area contributed by atoms with Crippen molar-refractivity contribution in [3.05, 3.63) is 0 Å². The highest BCUT2D eigenvalue weighted by molar-refractivity contribution is 5.82. The predicted octanol–water partition coefficient (Wildman–Crippen LogP) is 8.43. The minimum absolute atomic E-state index is 0.0237. The molecular formula is C38H73NO7. The van der Waals surface area contributed by atoms with Gasteiger partial charge in [-0.1, -0.05) is 142 Å². The highest BCUT2D eigenvalue weighted by Crippen LogP contribution is 2.36. The highest BCUT2D eigenvalue weighted by atomic mass is 16.5. The third kappa shape index (κ3) is 18.9. The van der Waals surface area contributed by atoms with E-state index in [2.05, 4.69) is 13.8 Å². The molecule has 1 rings (SSSR count). The van der Waals surface area contributed by atoms with E-state index in [1.54, 1.807) is 0 Å². The zero-order valence-corrected chi connectivity index (χ0v) is 30.3. The number of aliphatic hydroxyl groups excluding tert-OH is 3. The average Bonchev–Trinajstić information content (AvgIpc) is 3.02. The molecule has 1 aliphatic rings. The van der Waals surface area contributed by atoms with E-state index in [1.165, 1.54) is 121 Å². The summed E-state index contributed by atoms with van der Waals surface area (Å²) in [6, 6.07) is -0.685. The number of hydrogen-bond donors (Lipinski definition) is 3. The van der Waals surface area contributed by atoms with Crippen LogP contribution in [-0.2, 0) is 19.1 Å². The average molecular weight is 656 g/mol. The molecule has 8 nitrogen and oxygen atoms in total. The second-order valence-electron chi connectivity index (χ2n) is 13.9. The minimum Gasteiger partial charge on any atom is -0.465 e. The molecule has 1 saturated carbocycles. The molecule has 0 saturated heterocycles. The molecule has 0 radical (unpaired) electrons. The summed E-state index contributed by atoms with van der Waals surface area (Å²) >= 11 is 0. The molecule has 8 heteroatoms. The smallest absolute Gasteiger partial charge is 0.309 e. The van der Waals surface area contributed by atoms with Crippen molar-refractivity contribution < 1.29 is 34.4 Å². The zero-order chi connectivity index (χ0) is 34.0. The molecule has 0 bridgehead atoms. The number of unbranched alkanes of at least 4 members (excludes halogenated alkanes) is 20. The number of nitrogens with zero attached hydrogens (tertiary/aromatic N) is 1. The lowest BCUT2D eigenvalue weighted by Gasteiger charge is -2.44. The van der Waals surface area contributed by atoms with Crippen molar-refractivity contribution in [3.63, 3.8) is 0 Å². The summed E-state index contributed by atoms with van der Waals surface area (Å²) in [6.45, 7) is 8.13. The third-order valence-corrected chi connectivity index (χ3v) is 9.76. The molecular weight excluding hydrogens is 582 g/mol. The quantitative estimate of drug-likeness (QED) is 0.0418. The number of rotatable bonds is 29. The molecule has 46 heavy (non-hydrogen) atoms. The number of esters is 2. The molecule has 0 spiro atoms. The van der Waals surface area contributed by atoms with Gasteiger partial charge in [0.15, 0.2) is 0 Å². The summed E-state index contributed by atoms with van der Waals surface area (Å²) < 4.78 is 11.3. The van der Waals surface area contributed by atoms with Crippen LogP contribution in [0.2, 0.25) is 0 Å². The second kappa shape index (κ2) is 27.7.